The molecular formula is C24H22N4O. The number of amides is 1. The second kappa shape index (κ2) is 9.80. The van der Waals surface area contributed by atoms with Crippen molar-refractivity contribution in [2.45, 2.75) is 0 Å². The van der Waals surface area contributed by atoms with Crippen LogP contribution in [0.25, 0.3) is 17.2 Å². The lowest BCUT2D eigenvalue weighted by molar-refractivity contribution is -0.113. The molecule has 5 nitrogen and oxygen atoms in total. The van der Waals surface area contributed by atoms with Crippen LogP contribution in [0.2, 0.25) is 0 Å². The van der Waals surface area contributed by atoms with Gasteiger partial charge in [-0.15, -0.1) is 0 Å². The third-order valence-corrected chi connectivity index (χ3v) is 4.19. The number of carbonyl (C=O) groups excluding carboxylic acids is 1. The minimum absolute atomic E-state index is 0.305. The van der Waals surface area contributed by atoms with Crippen LogP contribution in [0.4, 0.5) is 5.69 Å². The summed E-state index contributed by atoms with van der Waals surface area (Å²) in [5.41, 5.74) is 4.03. The van der Waals surface area contributed by atoms with Crippen molar-refractivity contribution in [3.8, 4) is 11.1 Å². The molecule has 3 aromatic carbocycles. The Labute approximate surface area is 170 Å². The van der Waals surface area contributed by atoms with Gasteiger partial charge in [-0.05, 0) is 41.0 Å². The van der Waals surface area contributed by atoms with Gasteiger partial charge in [0.25, 0.3) is 5.91 Å². The van der Waals surface area contributed by atoms with Crippen molar-refractivity contribution in [3.05, 3.63) is 96.2 Å². The lowest BCUT2D eigenvalue weighted by Gasteiger charge is -2.17. The van der Waals surface area contributed by atoms with Crippen LogP contribution in [-0.4, -0.2) is 31.0 Å². The van der Waals surface area contributed by atoms with Crippen LogP contribution in [-0.2, 0) is 4.79 Å². The minimum atomic E-state index is -0.311. The summed E-state index contributed by atoms with van der Waals surface area (Å²) in [4.78, 5) is 16.9. The fourth-order valence-corrected chi connectivity index (χ4v) is 2.83. The number of benzene rings is 3. The normalized spacial score (nSPS) is 11.3. The number of hydrazone groups is 1. The Kier molecular flexibility index (Phi) is 6.68. The third kappa shape index (κ3) is 5.26. The maximum absolute atomic E-state index is 13.0. The number of para-hydroxylation sites is 1. The van der Waals surface area contributed by atoms with E-state index in [-0.39, 0.29) is 5.91 Å². The zero-order chi connectivity index (χ0) is 20.5. The van der Waals surface area contributed by atoms with Crippen molar-refractivity contribution in [1.29, 1.82) is 0 Å². The zero-order valence-electron chi connectivity index (χ0n) is 16.2. The molecule has 29 heavy (non-hydrogen) atoms. The molecule has 144 valence electrons. The van der Waals surface area contributed by atoms with Crippen molar-refractivity contribution in [2.75, 3.05) is 12.4 Å². The molecule has 0 aliphatic rings. The van der Waals surface area contributed by atoms with E-state index in [2.05, 4.69) is 22.1 Å². The summed E-state index contributed by atoms with van der Waals surface area (Å²) in [5.74, 6) is -0.311. The summed E-state index contributed by atoms with van der Waals surface area (Å²) in [6.07, 6.45) is 3.21. The van der Waals surface area contributed by atoms with Crippen molar-refractivity contribution in [1.82, 2.24) is 5.01 Å². The van der Waals surface area contributed by atoms with E-state index in [9.17, 15) is 4.79 Å². The van der Waals surface area contributed by atoms with Gasteiger partial charge < -0.3 is 5.32 Å². The molecule has 0 heterocycles. The van der Waals surface area contributed by atoms with Gasteiger partial charge in [0.05, 0.1) is 0 Å². The highest BCUT2D eigenvalue weighted by Crippen LogP contribution is 2.22. The molecule has 0 saturated heterocycles. The molecule has 0 bridgehead atoms. The highest BCUT2D eigenvalue weighted by atomic mass is 16.2. The monoisotopic (exact) mass is 382 g/mol. The molecular weight excluding hydrogens is 360 g/mol. The van der Waals surface area contributed by atoms with Crippen LogP contribution in [0.5, 0.6) is 0 Å². The molecule has 0 aromatic heterocycles. The average molecular weight is 382 g/mol. The lowest BCUT2D eigenvalue weighted by atomic mass is 10.0. The van der Waals surface area contributed by atoms with E-state index >= 15 is 0 Å². The molecule has 0 radical (unpaired) electrons. The molecule has 1 N–H and O–H groups in total. The quantitative estimate of drug-likeness (QED) is 0.273. The molecule has 0 aliphatic carbocycles. The Morgan fingerprint density at radius 1 is 0.931 bits per heavy atom. The molecule has 0 fully saturated rings. The summed E-state index contributed by atoms with van der Waals surface area (Å²) in [5, 5.41) is 8.16. The van der Waals surface area contributed by atoms with Gasteiger partial charge in [0.15, 0.2) is 0 Å². The molecule has 1 amide bonds. The van der Waals surface area contributed by atoms with E-state index in [1.807, 2.05) is 84.9 Å². The van der Waals surface area contributed by atoms with Crippen molar-refractivity contribution in [2.24, 2.45) is 10.1 Å². The second-order valence-corrected chi connectivity index (χ2v) is 6.20. The van der Waals surface area contributed by atoms with E-state index in [0.29, 0.717) is 11.4 Å². The van der Waals surface area contributed by atoms with Gasteiger partial charge in [-0.3, -0.25) is 9.79 Å². The average Bonchev–Trinajstić information content (AvgIpc) is 2.77. The van der Waals surface area contributed by atoms with Gasteiger partial charge in [-0.2, -0.15) is 5.10 Å². The largest absolute Gasteiger partial charge is 0.321 e. The summed E-state index contributed by atoms with van der Waals surface area (Å²) < 4.78 is 0. The number of carbonyl (C=O) groups is 1. The van der Waals surface area contributed by atoms with Crippen LogP contribution < -0.4 is 5.32 Å². The molecule has 5 heteroatoms. The first kappa shape index (κ1) is 19.8. The number of nitrogens with zero attached hydrogens (tertiary/aromatic N) is 3. The predicted molar refractivity (Wildman–Crippen MR) is 121 cm³/mol. The van der Waals surface area contributed by atoms with Crippen molar-refractivity contribution in [3.63, 3.8) is 0 Å². The lowest BCUT2D eigenvalue weighted by Crippen LogP contribution is -2.26. The van der Waals surface area contributed by atoms with Crippen molar-refractivity contribution >= 4 is 30.7 Å². The maximum Gasteiger partial charge on any atom is 0.274 e. The third-order valence-electron chi connectivity index (χ3n) is 4.19. The summed E-state index contributed by atoms with van der Waals surface area (Å²) in [6.45, 7) is 3.56. The molecule has 3 aromatic rings. The molecule has 0 spiro atoms. The summed E-state index contributed by atoms with van der Waals surface area (Å²) in [6, 6.07) is 27.3. The smallest absolute Gasteiger partial charge is 0.274 e. The van der Waals surface area contributed by atoms with E-state index in [1.165, 1.54) is 11.3 Å². The molecule has 3 rings (SSSR count). The van der Waals surface area contributed by atoms with Crippen LogP contribution in [0.3, 0.4) is 0 Å². The zero-order valence-corrected chi connectivity index (χ0v) is 16.2. The van der Waals surface area contributed by atoms with Crippen LogP contribution >= 0.6 is 0 Å². The SMILES string of the molecule is C=NN(/C=N\C)/C(=C\c1cccc(-c2ccccc2)c1)C(=O)Nc1ccccc1. The van der Waals surface area contributed by atoms with Gasteiger partial charge in [0.2, 0.25) is 0 Å². The van der Waals surface area contributed by atoms with Gasteiger partial charge in [0.1, 0.15) is 12.0 Å². The molecule has 0 atom stereocenters. The van der Waals surface area contributed by atoms with Crippen LogP contribution in [0, 0.1) is 0 Å². The molecule has 0 unspecified atom stereocenters. The van der Waals surface area contributed by atoms with E-state index in [1.54, 1.807) is 13.1 Å². The van der Waals surface area contributed by atoms with Gasteiger partial charge in [-0.1, -0.05) is 66.7 Å². The van der Waals surface area contributed by atoms with E-state index in [0.717, 1.165) is 16.7 Å². The Hall–Kier alpha value is -3.99. The highest BCUT2D eigenvalue weighted by molar-refractivity contribution is 6.07. The highest BCUT2D eigenvalue weighted by Gasteiger charge is 2.16. The van der Waals surface area contributed by atoms with Crippen molar-refractivity contribution < 1.29 is 4.79 Å². The first-order valence-corrected chi connectivity index (χ1v) is 9.13. The fourth-order valence-electron chi connectivity index (χ4n) is 2.83. The van der Waals surface area contributed by atoms with Crippen LogP contribution in [0.15, 0.2) is 101 Å². The Bertz CT molecular complexity index is 1030. The minimum Gasteiger partial charge on any atom is -0.321 e. The Morgan fingerprint density at radius 2 is 1.59 bits per heavy atom. The predicted octanol–water partition coefficient (Wildman–Crippen LogP) is 4.91. The number of hydrogen-bond acceptors (Lipinski definition) is 3. The summed E-state index contributed by atoms with van der Waals surface area (Å²) in [7, 11) is 1.61. The molecule has 0 aliphatic heterocycles. The topological polar surface area (TPSA) is 57.1 Å². The van der Waals surface area contributed by atoms with Gasteiger partial charge in [0, 0.05) is 19.5 Å². The summed E-state index contributed by atoms with van der Waals surface area (Å²) >= 11 is 0. The first-order valence-electron chi connectivity index (χ1n) is 9.13. The van der Waals surface area contributed by atoms with Gasteiger partial charge in [-0.25, -0.2) is 5.01 Å². The number of nitrogens with one attached hydrogen (secondary N) is 1. The van der Waals surface area contributed by atoms with Gasteiger partial charge >= 0.3 is 0 Å². The number of rotatable bonds is 7. The second-order valence-electron chi connectivity index (χ2n) is 6.20. The van der Waals surface area contributed by atoms with Crippen LogP contribution in [0.1, 0.15) is 5.56 Å². The van der Waals surface area contributed by atoms with E-state index < -0.39 is 0 Å². The standard InChI is InChI=1S/C24H22N4O/c1-25-18-28(26-2)23(24(29)27-22-14-7-4-8-15-22)17-19-10-9-13-21(16-19)20-11-5-3-6-12-20/h3-18H,2H2,1H3,(H,27,29)/b23-17-,25-18-. The number of aliphatic imine (C=N–C) groups is 1. The Morgan fingerprint density at radius 3 is 2.24 bits per heavy atom. The fraction of sp³-hybridized carbons (Fsp3) is 0.0417. The first-order chi connectivity index (χ1) is 14.2. The Balaban J connectivity index is 1.98. The maximum atomic E-state index is 13.0. The van der Waals surface area contributed by atoms with E-state index in [4.69, 9.17) is 0 Å². The molecule has 0 saturated carbocycles. The number of anilines is 1. The number of hydrogen-bond donors (Lipinski definition) is 1.